The van der Waals surface area contributed by atoms with Crippen molar-refractivity contribution in [1.29, 1.82) is 0 Å². The summed E-state index contributed by atoms with van der Waals surface area (Å²) in [7, 11) is 0. The number of hydrogen-bond donors (Lipinski definition) is 2. The molecule has 0 saturated carbocycles. The van der Waals surface area contributed by atoms with Gasteiger partial charge in [0.2, 0.25) is 0 Å². The summed E-state index contributed by atoms with van der Waals surface area (Å²) < 4.78 is 13.3. The molecule has 1 amide bonds. The highest BCUT2D eigenvalue weighted by molar-refractivity contribution is 6.05. The molecule has 0 aliphatic rings. The number of amides is 1. The van der Waals surface area contributed by atoms with Gasteiger partial charge in [-0.2, -0.15) is 0 Å². The van der Waals surface area contributed by atoms with Crippen molar-refractivity contribution < 1.29 is 19.2 Å². The van der Waals surface area contributed by atoms with Crippen molar-refractivity contribution in [3.05, 3.63) is 58.2 Å². The highest BCUT2D eigenvalue weighted by atomic mass is 19.1. The summed E-state index contributed by atoms with van der Waals surface area (Å²) in [5.41, 5.74) is -0.634. The largest absolute Gasteiger partial charge is 0.506 e. The van der Waals surface area contributed by atoms with Crippen LogP contribution in [0.15, 0.2) is 36.7 Å². The third-order valence-corrected chi connectivity index (χ3v) is 2.46. The van der Waals surface area contributed by atoms with Crippen molar-refractivity contribution in [2.24, 2.45) is 0 Å². The Balaban J connectivity index is 2.25. The van der Waals surface area contributed by atoms with Crippen LogP contribution in [0.4, 0.5) is 15.8 Å². The third-order valence-electron chi connectivity index (χ3n) is 2.46. The van der Waals surface area contributed by atoms with Gasteiger partial charge in [-0.15, -0.1) is 0 Å². The number of aromatic hydroxyl groups is 1. The number of nitrogens with one attached hydrogen (secondary N) is 1. The van der Waals surface area contributed by atoms with Gasteiger partial charge in [-0.1, -0.05) is 0 Å². The van der Waals surface area contributed by atoms with Crippen LogP contribution >= 0.6 is 0 Å². The molecule has 1 aromatic heterocycles. The number of carbonyl (C=O) groups is 1. The normalized spacial score (nSPS) is 10.1. The molecule has 0 unspecified atom stereocenters. The summed E-state index contributed by atoms with van der Waals surface area (Å²) in [6.07, 6.45) is 2.12. The van der Waals surface area contributed by atoms with Crippen molar-refractivity contribution in [1.82, 2.24) is 4.98 Å². The van der Waals surface area contributed by atoms with Gasteiger partial charge in [0.25, 0.3) is 11.6 Å². The van der Waals surface area contributed by atoms with Crippen LogP contribution in [0.1, 0.15) is 10.4 Å². The Morgan fingerprint density at radius 1 is 1.40 bits per heavy atom. The zero-order chi connectivity index (χ0) is 14.7. The minimum Gasteiger partial charge on any atom is -0.506 e. The van der Waals surface area contributed by atoms with Crippen LogP contribution in [0.25, 0.3) is 0 Å². The number of phenolic OH excluding ortho intramolecular Hbond substituents is 1. The van der Waals surface area contributed by atoms with Gasteiger partial charge in [-0.05, 0) is 12.1 Å². The van der Waals surface area contributed by atoms with E-state index in [-0.39, 0.29) is 16.9 Å². The molecule has 7 nitrogen and oxygen atoms in total. The molecular formula is C12H8FN3O4. The number of phenols is 1. The Hall–Kier alpha value is -3.03. The van der Waals surface area contributed by atoms with Crippen LogP contribution in [0, 0.1) is 15.9 Å². The second-order valence-corrected chi connectivity index (χ2v) is 3.77. The Morgan fingerprint density at radius 2 is 2.15 bits per heavy atom. The number of rotatable bonds is 3. The summed E-state index contributed by atoms with van der Waals surface area (Å²) in [4.78, 5) is 25.1. The number of non-ortho nitro benzene ring substituents is 1. The Bertz CT molecular complexity index is 690. The number of anilines is 1. The van der Waals surface area contributed by atoms with Crippen molar-refractivity contribution in [2.45, 2.75) is 0 Å². The van der Waals surface area contributed by atoms with E-state index in [1.807, 2.05) is 0 Å². The number of benzene rings is 1. The summed E-state index contributed by atoms with van der Waals surface area (Å²) >= 11 is 0. The smallest absolute Gasteiger partial charge is 0.273 e. The summed E-state index contributed by atoms with van der Waals surface area (Å²) in [6.45, 7) is 0. The second kappa shape index (κ2) is 5.31. The third kappa shape index (κ3) is 2.69. The molecule has 1 aromatic carbocycles. The van der Waals surface area contributed by atoms with Crippen molar-refractivity contribution in [2.75, 3.05) is 5.32 Å². The van der Waals surface area contributed by atoms with Gasteiger partial charge >= 0.3 is 0 Å². The van der Waals surface area contributed by atoms with Crippen LogP contribution in [0.5, 0.6) is 5.75 Å². The molecule has 1 heterocycles. The molecule has 20 heavy (non-hydrogen) atoms. The topological polar surface area (TPSA) is 105 Å². The summed E-state index contributed by atoms with van der Waals surface area (Å²) in [6, 6.07) is 4.33. The van der Waals surface area contributed by atoms with Crippen LogP contribution < -0.4 is 5.32 Å². The van der Waals surface area contributed by atoms with Gasteiger partial charge in [0.15, 0.2) is 5.82 Å². The van der Waals surface area contributed by atoms with E-state index < -0.39 is 22.4 Å². The van der Waals surface area contributed by atoms with Crippen LogP contribution in [0.2, 0.25) is 0 Å². The molecular weight excluding hydrogens is 269 g/mol. The monoisotopic (exact) mass is 277 g/mol. The van der Waals surface area contributed by atoms with Crippen LogP contribution in [0.3, 0.4) is 0 Å². The zero-order valence-electron chi connectivity index (χ0n) is 9.91. The maximum Gasteiger partial charge on any atom is 0.273 e. The first-order valence-electron chi connectivity index (χ1n) is 5.37. The van der Waals surface area contributed by atoms with E-state index in [0.717, 1.165) is 24.4 Å². The van der Waals surface area contributed by atoms with Gasteiger partial charge < -0.3 is 10.4 Å². The molecule has 2 aromatic rings. The van der Waals surface area contributed by atoms with E-state index in [9.17, 15) is 24.4 Å². The van der Waals surface area contributed by atoms with Gasteiger partial charge in [-0.3, -0.25) is 19.9 Å². The van der Waals surface area contributed by atoms with E-state index in [1.165, 1.54) is 12.3 Å². The van der Waals surface area contributed by atoms with Crippen molar-refractivity contribution >= 4 is 17.3 Å². The fraction of sp³-hybridized carbons (Fsp3) is 0. The van der Waals surface area contributed by atoms with Gasteiger partial charge in [-0.25, -0.2) is 4.39 Å². The highest BCUT2D eigenvalue weighted by Gasteiger charge is 2.15. The number of halogens is 1. The minimum absolute atomic E-state index is 0.0585. The zero-order valence-corrected chi connectivity index (χ0v) is 9.91. The number of nitro benzene ring substituents is 1. The highest BCUT2D eigenvalue weighted by Crippen LogP contribution is 2.28. The molecule has 0 aliphatic heterocycles. The molecule has 2 rings (SSSR count). The van der Waals surface area contributed by atoms with E-state index in [4.69, 9.17) is 0 Å². The van der Waals surface area contributed by atoms with Crippen molar-refractivity contribution in [3.8, 4) is 5.75 Å². The Kier molecular flexibility index (Phi) is 3.56. The SMILES string of the molecule is O=C(Nc1ccc([N+](=O)[O-])cc1O)c1ccncc1F. The molecule has 0 bridgehead atoms. The number of carbonyl (C=O) groups excluding carboxylic acids is 1. The summed E-state index contributed by atoms with van der Waals surface area (Å²) in [5.74, 6) is -2.09. The maximum atomic E-state index is 13.3. The standard InChI is InChI=1S/C12H8FN3O4/c13-9-6-14-4-3-8(9)12(18)15-10-2-1-7(16(19)20)5-11(10)17/h1-6,17H,(H,15,18). The first-order chi connectivity index (χ1) is 9.49. The molecule has 0 aliphatic carbocycles. The molecule has 2 N–H and O–H groups in total. The Labute approximate surface area is 111 Å². The first kappa shape index (κ1) is 13.4. The van der Waals surface area contributed by atoms with Gasteiger partial charge in [0.05, 0.1) is 28.4 Å². The second-order valence-electron chi connectivity index (χ2n) is 3.77. The lowest BCUT2D eigenvalue weighted by molar-refractivity contribution is -0.384. The number of nitro groups is 1. The molecule has 8 heteroatoms. The van der Waals surface area contributed by atoms with E-state index in [2.05, 4.69) is 10.3 Å². The maximum absolute atomic E-state index is 13.3. The van der Waals surface area contributed by atoms with Crippen LogP contribution in [-0.2, 0) is 0 Å². The van der Waals surface area contributed by atoms with E-state index in [0.29, 0.717) is 0 Å². The van der Waals surface area contributed by atoms with Crippen molar-refractivity contribution in [3.63, 3.8) is 0 Å². The molecule has 0 spiro atoms. The molecule has 0 radical (unpaired) electrons. The van der Waals surface area contributed by atoms with E-state index in [1.54, 1.807) is 0 Å². The number of aromatic nitrogens is 1. The molecule has 0 fully saturated rings. The fourth-order valence-electron chi connectivity index (χ4n) is 1.49. The fourth-order valence-corrected chi connectivity index (χ4v) is 1.49. The number of hydrogen-bond acceptors (Lipinski definition) is 5. The van der Waals surface area contributed by atoms with E-state index >= 15 is 0 Å². The Morgan fingerprint density at radius 3 is 2.75 bits per heavy atom. The number of nitrogens with zero attached hydrogens (tertiary/aromatic N) is 2. The van der Waals surface area contributed by atoms with Gasteiger partial charge in [0.1, 0.15) is 5.75 Å². The predicted octanol–water partition coefficient (Wildman–Crippen LogP) is 2.09. The summed E-state index contributed by atoms with van der Waals surface area (Å²) in [5, 5.41) is 22.3. The minimum atomic E-state index is -0.814. The molecule has 0 saturated heterocycles. The molecule has 102 valence electrons. The lowest BCUT2D eigenvalue weighted by Gasteiger charge is -2.07. The average molecular weight is 277 g/mol. The number of pyridine rings is 1. The lowest BCUT2D eigenvalue weighted by atomic mass is 10.2. The van der Waals surface area contributed by atoms with Crippen LogP contribution in [-0.4, -0.2) is 20.9 Å². The average Bonchev–Trinajstić information content (AvgIpc) is 2.41. The first-order valence-corrected chi connectivity index (χ1v) is 5.37. The quantitative estimate of drug-likeness (QED) is 0.507. The predicted molar refractivity (Wildman–Crippen MR) is 66.9 cm³/mol. The van der Waals surface area contributed by atoms with Gasteiger partial charge in [0, 0.05) is 12.3 Å². The molecule has 0 atom stereocenters. The lowest BCUT2D eigenvalue weighted by Crippen LogP contribution is -2.14.